The third-order valence-electron chi connectivity index (χ3n) is 2.44. The van der Waals surface area contributed by atoms with Gasteiger partial charge in [0.05, 0.1) is 5.69 Å². The van der Waals surface area contributed by atoms with Crippen molar-refractivity contribution in [1.82, 2.24) is 14.8 Å². The van der Waals surface area contributed by atoms with Gasteiger partial charge in [-0.3, -0.25) is 9.67 Å². The second-order valence-electron chi connectivity index (χ2n) is 3.97. The first kappa shape index (κ1) is 10.8. The highest BCUT2D eigenvalue weighted by atomic mass is 15.2. The molecule has 4 heteroatoms. The Balaban J connectivity index is 1.92. The van der Waals surface area contributed by atoms with Crippen LogP contribution in [0.1, 0.15) is 11.4 Å². The van der Waals surface area contributed by atoms with Crippen molar-refractivity contribution >= 4 is 0 Å². The Bertz CT molecular complexity index is 435. The number of pyridine rings is 1. The molecule has 0 aliphatic rings. The van der Waals surface area contributed by atoms with E-state index in [4.69, 9.17) is 5.73 Å². The maximum atomic E-state index is 6.06. The van der Waals surface area contributed by atoms with Crippen LogP contribution in [0.15, 0.2) is 36.7 Å². The molecule has 0 aromatic carbocycles. The highest BCUT2D eigenvalue weighted by Gasteiger charge is 2.07. The maximum Gasteiger partial charge on any atom is 0.0640 e. The van der Waals surface area contributed by atoms with Crippen molar-refractivity contribution in [2.75, 3.05) is 0 Å². The number of hydrogen-bond acceptors (Lipinski definition) is 3. The lowest BCUT2D eigenvalue weighted by atomic mass is 10.1. The van der Waals surface area contributed by atoms with Crippen LogP contribution in [0.4, 0.5) is 0 Å². The summed E-state index contributed by atoms with van der Waals surface area (Å²) < 4.78 is 1.79. The molecule has 2 aromatic heterocycles. The van der Waals surface area contributed by atoms with E-state index in [0.717, 1.165) is 24.2 Å². The van der Waals surface area contributed by atoms with Crippen LogP contribution >= 0.6 is 0 Å². The first-order valence-corrected chi connectivity index (χ1v) is 5.38. The summed E-state index contributed by atoms with van der Waals surface area (Å²) in [5.41, 5.74) is 8.12. The molecule has 1 unspecified atom stereocenters. The van der Waals surface area contributed by atoms with Crippen LogP contribution in [0.3, 0.4) is 0 Å². The predicted molar refractivity (Wildman–Crippen MR) is 62.8 cm³/mol. The van der Waals surface area contributed by atoms with E-state index in [2.05, 4.69) is 10.1 Å². The molecular formula is C12H16N4. The summed E-state index contributed by atoms with van der Waals surface area (Å²) in [6.07, 6.45) is 5.31. The number of nitrogens with two attached hydrogens (primary N) is 1. The summed E-state index contributed by atoms with van der Waals surface area (Å²) in [6, 6.07) is 7.96. The monoisotopic (exact) mass is 216 g/mol. The lowest BCUT2D eigenvalue weighted by Gasteiger charge is -2.08. The lowest BCUT2D eigenvalue weighted by Crippen LogP contribution is -2.26. The van der Waals surface area contributed by atoms with Crippen LogP contribution in [0.2, 0.25) is 0 Å². The fraction of sp³-hybridized carbons (Fsp3) is 0.333. The Morgan fingerprint density at radius 3 is 2.69 bits per heavy atom. The quantitative estimate of drug-likeness (QED) is 0.827. The average Bonchev–Trinajstić information content (AvgIpc) is 2.65. The molecule has 2 heterocycles. The molecule has 16 heavy (non-hydrogen) atoms. The molecule has 0 saturated carbocycles. The van der Waals surface area contributed by atoms with Crippen LogP contribution in [-0.4, -0.2) is 20.8 Å². The van der Waals surface area contributed by atoms with Gasteiger partial charge in [-0.2, -0.15) is 5.10 Å². The van der Waals surface area contributed by atoms with E-state index in [1.54, 1.807) is 10.9 Å². The van der Waals surface area contributed by atoms with Gasteiger partial charge in [0.15, 0.2) is 0 Å². The molecule has 1 atom stereocenters. The number of rotatable bonds is 4. The van der Waals surface area contributed by atoms with Gasteiger partial charge in [0.25, 0.3) is 0 Å². The average molecular weight is 216 g/mol. The van der Waals surface area contributed by atoms with E-state index in [-0.39, 0.29) is 6.04 Å². The molecule has 0 bridgehead atoms. The number of aryl methyl sites for hydroxylation is 1. The summed E-state index contributed by atoms with van der Waals surface area (Å²) >= 11 is 0. The molecule has 4 nitrogen and oxygen atoms in total. The number of aromatic nitrogens is 3. The molecule has 2 N–H and O–H groups in total. The zero-order chi connectivity index (χ0) is 11.4. The zero-order valence-electron chi connectivity index (χ0n) is 9.37. The largest absolute Gasteiger partial charge is 0.327 e. The molecule has 0 aliphatic carbocycles. The van der Waals surface area contributed by atoms with Crippen LogP contribution in [-0.2, 0) is 19.9 Å². The topological polar surface area (TPSA) is 56.7 Å². The molecule has 0 spiro atoms. The van der Waals surface area contributed by atoms with Crippen molar-refractivity contribution in [3.63, 3.8) is 0 Å². The van der Waals surface area contributed by atoms with Crippen molar-refractivity contribution in [3.8, 4) is 0 Å². The second kappa shape index (κ2) is 4.90. The first-order chi connectivity index (χ1) is 7.74. The Labute approximate surface area is 95.1 Å². The third-order valence-corrected chi connectivity index (χ3v) is 2.44. The van der Waals surface area contributed by atoms with Gasteiger partial charge < -0.3 is 5.73 Å². The van der Waals surface area contributed by atoms with Crippen molar-refractivity contribution < 1.29 is 0 Å². The summed E-state index contributed by atoms with van der Waals surface area (Å²) in [5, 5.41) is 4.31. The molecule has 2 rings (SSSR count). The number of nitrogens with zero attached hydrogens (tertiary/aromatic N) is 3. The van der Waals surface area contributed by atoms with Gasteiger partial charge in [-0.1, -0.05) is 6.07 Å². The van der Waals surface area contributed by atoms with Gasteiger partial charge >= 0.3 is 0 Å². The van der Waals surface area contributed by atoms with E-state index in [1.165, 1.54) is 0 Å². The third kappa shape index (κ3) is 2.90. The molecule has 0 aliphatic heterocycles. The Hall–Kier alpha value is -1.68. The summed E-state index contributed by atoms with van der Waals surface area (Å²) in [5.74, 6) is 0. The highest BCUT2D eigenvalue weighted by Crippen LogP contribution is 2.03. The molecule has 84 valence electrons. The van der Waals surface area contributed by atoms with Gasteiger partial charge in [-0.05, 0) is 18.2 Å². The summed E-state index contributed by atoms with van der Waals surface area (Å²) in [7, 11) is 1.91. The Morgan fingerprint density at radius 2 is 2.06 bits per heavy atom. The van der Waals surface area contributed by atoms with Crippen molar-refractivity contribution in [3.05, 3.63) is 48.0 Å². The SMILES string of the molecule is Cn1ccc(CC(N)Cc2ccccn2)n1. The Morgan fingerprint density at radius 1 is 1.25 bits per heavy atom. The maximum absolute atomic E-state index is 6.06. The lowest BCUT2D eigenvalue weighted by molar-refractivity contribution is 0.631. The smallest absolute Gasteiger partial charge is 0.0640 e. The molecule has 0 radical (unpaired) electrons. The summed E-state index contributed by atoms with van der Waals surface area (Å²) in [6.45, 7) is 0. The van der Waals surface area contributed by atoms with Crippen LogP contribution in [0.25, 0.3) is 0 Å². The fourth-order valence-electron chi connectivity index (χ4n) is 1.70. The minimum absolute atomic E-state index is 0.0739. The molecule has 0 amide bonds. The normalized spacial score (nSPS) is 12.6. The molecular weight excluding hydrogens is 200 g/mol. The van der Waals surface area contributed by atoms with Crippen LogP contribution in [0, 0.1) is 0 Å². The van der Waals surface area contributed by atoms with Gasteiger partial charge in [0.1, 0.15) is 0 Å². The zero-order valence-corrected chi connectivity index (χ0v) is 9.37. The van der Waals surface area contributed by atoms with E-state index < -0.39 is 0 Å². The van der Waals surface area contributed by atoms with E-state index >= 15 is 0 Å². The van der Waals surface area contributed by atoms with Crippen molar-refractivity contribution in [2.24, 2.45) is 12.8 Å². The predicted octanol–water partition coefficient (Wildman–Crippen LogP) is 0.928. The van der Waals surface area contributed by atoms with Crippen molar-refractivity contribution in [2.45, 2.75) is 18.9 Å². The standard InChI is InChI=1S/C12H16N4/c1-16-7-5-12(15-16)9-10(13)8-11-4-2-3-6-14-11/h2-7,10H,8-9,13H2,1H3. The molecule has 0 saturated heterocycles. The van der Waals surface area contributed by atoms with E-state index in [0.29, 0.717) is 0 Å². The first-order valence-electron chi connectivity index (χ1n) is 5.38. The van der Waals surface area contributed by atoms with Gasteiger partial charge in [-0.25, -0.2) is 0 Å². The van der Waals surface area contributed by atoms with Crippen LogP contribution in [0.5, 0.6) is 0 Å². The minimum Gasteiger partial charge on any atom is -0.327 e. The van der Waals surface area contributed by atoms with E-state index in [1.807, 2.05) is 37.5 Å². The van der Waals surface area contributed by atoms with Gasteiger partial charge in [0.2, 0.25) is 0 Å². The Kier molecular flexibility index (Phi) is 3.31. The molecule has 2 aromatic rings. The molecule has 0 fully saturated rings. The minimum atomic E-state index is 0.0739. The van der Waals surface area contributed by atoms with Gasteiger partial charge in [0, 0.05) is 44.0 Å². The van der Waals surface area contributed by atoms with Crippen molar-refractivity contribution in [1.29, 1.82) is 0 Å². The number of hydrogen-bond donors (Lipinski definition) is 1. The fourth-order valence-corrected chi connectivity index (χ4v) is 1.70. The van der Waals surface area contributed by atoms with Crippen LogP contribution < -0.4 is 5.73 Å². The highest BCUT2D eigenvalue weighted by molar-refractivity contribution is 5.07. The van der Waals surface area contributed by atoms with E-state index in [9.17, 15) is 0 Å². The second-order valence-corrected chi connectivity index (χ2v) is 3.97. The van der Waals surface area contributed by atoms with Gasteiger partial charge in [-0.15, -0.1) is 0 Å². The summed E-state index contributed by atoms with van der Waals surface area (Å²) in [4.78, 5) is 4.26.